The fourth-order valence-corrected chi connectivity index (χ4v) is 3.42. The van der Waals surface area contributed by atoms with Crippen LogP contribution in [0.5, 0.6) is 5.75 Å². The molecule has 0 bridgehead atoms. The summed E-state index contributed by atoms with van der Waals surface area (Å²) in [7, 11) is 1.60. The van der Waals surface area contributed by atoms with Crippen molar-refractivity contribution in [3.8, 4) is 5.75 Å². The molecule has 27 heavy (non-hydrogen) atoms. The average molecular weight is 367 g/mol. The minimum atomic E-state index is -0.316. The molecule has 1 fully saturated rings. The first-order chi connectivity index (χ1) is 13.1. The summed E-state index contributed by atoms with van der Waals surface area (Å²) in [5.74, 6) is 0.722. The SMILES string of the molecule is COc1ccc(N2C[C@H](NC(=O)Nc3ccc4c(c3)COC4)CC2=O)cc1. The van der Waals surface area contributed by atoms with Crippen molar-refractivity contribution >= 4 is 23.3 Å². The maximum atomic E-state index is 12.3. The van der Waals surface area contributed by atoms with Crippen molar-refractivity contribution in [2.45, 2.75) is 25.7 Å². The number of rotatable bonds is 4. The van der Waals surface area contributed by atoms with Crippen LogP contribution >= 0.6 is 0 Å². The normalized spacial score (nSPS) is 18.3. The van der Waals surface area contributed by atoms with Crippen LogP contribution in [0, 0.1) is 0 Å². The van der Waals surface area contributed by atoms with Crippen molar-refractivity contribution in [1.82, 2.24) is 5.32 Å². The molecule has 7 heteroatoms. The number of nitrogens with zero attached hydrogens (tertiary/aromatic N) is 1. The van der Waals surface area contributed by atoms with Crippen LogP contribution in [0.1, 0.15) is 17.5 Å². The van der Waals surface area contributed by atoms with Crippen molar-refractivity contribution in [2.24, 2.45) is 0 Å². The van der Waals surface area contributed by atoms with Gasteiger partial charge in [-0.3, -0.25) is 4.79 Å². The summed E-state index contributed by atoms with van der Waals surface area (Å²) >= 11 is 0. The molecule has 0 radical (unpaired) electrons. The molecule has 0 aromatic heterocycles. The van der Waals surface area contributed by atoms with E-state index in [2.05, 4.69) is 10.6 Å². The number of urea groups is 1. The number of fused-ring (bicyclic) bond motifs is 1. The number of carbonyl (C=O) groups excluding carboxylic acids is 2. The third-order valence-electron chi connectivity index (χ3n) is 4.82. The largest absolute Gasteiger partial charge is 0.497 e. The second-order valence-corrected chi connectivity index (χ2v) is 6.68. The Labute approximate surface area is 157 Å². The second kappa shape index (κ2) is 7.28. The van der Waals surface area contributed by atoms with Crippen LogP contribution in [0.4, 0.5) is 16.2 Å². The van der Waals surface area contributed by atoms with E-state index in [9.17, 15) is 9.59 Å². The molecular weight excluding hydrogens is 346 g/mol. The van der Waals surface area contributed by atoms with Crippen LogP contribution in [0.25, 0.3) is 0 Å². The number of nitrogens with one attached hydrogen (secondary N) is 2. The average Bonchev–Trinajstić information content (AvgIpc) is 3.27. The second-order valence-electron chi connectivity index (χ2n) is 6.68. The molecule has 7 nitrogen and oxygen atoms in total. The van der Waals surface area contributed by atoms with E-state index >= 15 is 0 Å². The summed E-state index contributed by atoms with van der Waals surface area (Å²) < 4.78 is 10.5. The van der Waals surface area contributed by atoms with Crippen molar-refractivity contribution in [2.75, 3.05) is 23.9 Å². The molecule has 2 aliphatic rings. The zero-order chi connectivity index (χ0) is 18.8. The van der Waals surface area contributed by atoms with E-state index in [1.165, 1.54) is 0 Å². The number of amides is 3. The standard InChI is InChI=1S/C20H21N3O4/c1-26-18-6-4-17(5-7-18)23-10-16(9-19(23)24)22-20(25)21-15-3-2-13-11-27-12-14(13)8-15/h2-8,16H,9-12H2,1H3,(H2,21,22,25)/t16-/m1/s1. The molecule has 1 saturated heterocycles. The lowest BCUT2D eigenvalue weighted by atomic mass is 10.1. The number of benzene rings is 2. The zero-order valence-electron chi connectivity index (χ0n) is 15.0. The van der Waals surface area contributed by atoms with Gasteiger partial charge in [-0.05, 0) is 47.5 Å². The maximum absolute atomic E-state index is 12.3. The van der Waals surface area contributed by atoms with E-state index in [1.807, 2.05) is 42.5 Å². The van der Waals surface area contributed by atoms with Crippen LogP contribution in [-0.4, -0.2) is 31.6 Å². The molecule has 2 aromatic rings. The highest BCUT2D eigenvalue weighted by Crippen LogP contribution is 2.25. The number of anilines is 2. The van der Waals surface area contributed by atoms with Crippen LogP contribution in [0.2, 0.25) is 0 Å². The first kappa shape index (κ1) is 17.4. The Morgan fingerprint density at radius 3 is 2.70 bits per heavy atom. The van der Waals surface area contributed by atoms with E-state index in [0.717, 1.165) is 22.6 Å². The first-order valence-electron chi connectivity index (χ1n) is 8.84. The minimum absolute atomic E-state index is 0.0138. The van der Waals surface area contributed by atoms with Crippen LogP contribution < -0.4 is 20.3 Å². The summed E-state index contributed by atoms with van der Waals surface area (Å²) in [5.41, 5.74) is 3.75. The van der Waals surface area contributed by atoms with Crippen LogP contribution in [-0.2, 0) is 22.7 Å². The van der Waals surface area contributed by atoms with Gasteiger partial charge in [-0.1, -0.05) is 6.07 Å². The van der Waals surface area contributed by atoms with Crippen LogP contribution in [0.3, 0.4) is 0 Å². The lowest BCUT2D eigenvalue weighted by Gasteiger charge is -2.18. The molecule has 4 rings (SSSR count). The van der Waals surface area contributed by atoms with Crippen molar-refractivity contribution in [3.05, 3.63) is 53.6 Å². The minimum Gasteiger partial charge on any atom is -0.497 e. The molecule has 3 amide bonds. The fourth-order valence-electron chi connectivity index (χ4n) is 3.42. The molecule has 2 aliphatic heterocycles. The highest BCUT2D eigenvalue weighted by molar-refractivity contribution is 5.97. The Kier molecular flexibility index (Phi) is 4.68. The van der Waals surface area contributed by atoms with Gasteiger partial charge in [-0.2, -0.15) is 0 Å². The number of hydrogen-bond acceptors (Lipinski definition) is 4. The molecule has 0 aliphatic carbocycles. The van der Waals surface area contributed by atoms with Crippen molar-refractivity contribution < 1.29 is 19.1 Å². The van der Waals surface area contributed by atoms with E-state index < -0.39 is 0 Å². The summed E-state index contributed by atoms with van der Waals surface area (Å²) in [6.45, 7) is 1.63. The Bertz CT molecular complexity index is 866. The van der Waals surface area contributed by atoms with Crippen molar-refractivity contribution in [1.29, 1.82) is 0 Å². The summed E-state index contributed by atoms with van der Waals surface area (Å²) in [6.07, 6.45) is 0.275. The molecule has 0 unspecified atom stereocenters. The van der Waals surface area contributed by atoms with Crippen LogP contribution in [0.15, 0.2) is 42.5 Å². The molecule has 2 heterocycles. The van der Waals surface area contributed by atoms with Gasteiger partial charge in [0.05, 0.1) is 26.4 Å². The number of carbonyl (C=O) groups is 2. The van der Waals surface area contributed by atoms with E-state index in [-0.39, 0.29) is 24.4 Å². The Morgan fingerprint density at radius 2 is 1.93 bits per heavy atom. The third kappa shape index (κ3) is 3.73. The van der Waals surface area contributed by atoms with Gasteiger partial charge in [0.2, 0.25) is 5.91 Å². The van der Waals surface area contributed by atoms with Gasteiger partial charge in [0, 0.05) is 24.3 Å². The van der Waals surface area contributed by atoms with Gasteiger partial charge in [-0.15, -0.1) is 0 Å². The van der Waals surface area contributed by atoms with E-state index in [1.54, 1.807) is 12.0 Å². The Morgan fingerprint density at radius 1 is 1.15 bits per heavy atom. The lowest BCUT2D eigenvalue weighted by molar-refractivity contribution is -0.117. The van der Waals surface area contributed by atoms with Crippen molar-refractivity contribution in [3.63, 3.8) is 0 Å². The molecular formula is C20H21N3O4. The smallest absolute Gasteiger partial charge is 0.319 e. The summed E-state index contributed by atoms with van der Waals surface area (Å²) in [4.78, 5) is 26.3. The third-order valence-corrected chi connectivity index (χ3v) is 4.82. The number of methoxy groups -OCH3 is 1. The van der Waals surface area contributed by atoms with Gasteiger partial charge in [0.25, 0.3) is 0 Å². The molecule has 2 N–H and O–H groups in total. The van der Waals surface area contributed by atoms with Gasteiger partial charge < -0.3 is 25.0 Å². The summed E-state index contributed by atoms with van der Waals surface area (Å²) in [5, 5.41) is 5.71. The highest BCUT2D eigenvalue weighted by atomic mass is 16.5. The Balaban J connectivity index is 1.35. The lowest BCUT2D eigenvalue weighted by Crippen LogP contribution is -2.39. The van der Waals surface area contributed by atoms with E-state index in [4.69, 9.17) is 9.47 Å². The Hall–Kier alpha value is -3.06. The quantitative estimate of drug-likeness (QED) is 0.871. The predicted octanol–water partition coefficient (Wildman–Crippen LogP) is 2.65. The molecule has 2 aromatic carbocycles. The summed E-state index contributed by atoms with van der Waals surface area (Å²) in [6, 6.07) is 12.5. The molecule has 0 spiro atoms. The number of hydrogen-bond donors (Lipinski definition) is 2. The zero-order valence-corrected chi connectivity index (χ0v) is 15.0. The predicted molar refractivity (Wildman–Crippen MR) is 101 cm³/mol. The monoisotopic (exact) mass is 367 g/mol. The van der Waals surface area contributed by atoms with Gasteiger partial charge in [0.1, 0.15) is 5.75 Å². The molecule has 140 valence electrons. The highest BCUT2D eigenvalue weighted by Gasteiger charge is 2.31. The fraction of sp³-hybridized carbons (Fsp3) is 0.300. The van der Waals surface area contributed by atoms with Gasteiger partial charge in [0.15, 0.2) is 0 Å². The topological polar surface area (TPSA) is 79.9 Å². The molecule has 1 atom stereocenters. The van der Waals surface area contributed by atoms with Gasteiger partial charge in [-0.25, -0.2) is 4.79 Å². The number of ether oxygens (including phenoxy) is 2. The first-order valence-corrected chi connectivity index (χ1v) is 8.84. The maximum Gasteiger partial charge on any atom is 0.319 e. The van der Waals surface area contributed by atoms with E-state index in [0.29, 0.717) is 25.4 Å². The van der Waals surface area contributed by atoms with Gasteiger partial charge >= 0.3 is 6.03 Å². The molecule has 0 saturated carbocycles.